The summed E-state index contributed by atoms with van der Waals surface area (Å²) < 4.78 is 2.50. The summed E-state index contributed by atoms with van der Waals surface area (Å²) in [5, 5.41) is 12.9. The van der Waals surface area contributed by atoms with Crippen LogP contribution in [0.1, 0.15) is 22.6 Å². The maximum absolute atomic E-state index is 2.50. The second-order valence-corrected chi connectivity index (χ2v) is 13.3. The predicted octanol–water partition coefficient (Wildman–Crippen LogP) is 12.6. The second kappa shape index (κ2) is 9.67. The van der Waals surface area contributed by atoms with Crippen molar-refractivity contribution in [1.29, 1.82) is 0 Å². The average Bonchev–Trinajstić information content (AvgIpc) is 3.68. The van der Waals surface area contributed by atoms with E-state index < -0.39 is 0 Å². The van der Waals surface area contributed by atoms with E-state index in [0.717, 1.165) is 0 Å². The zero-order valence-electron chi connectivity index (χ0n) is 26.2. The smallest absolute Gasteiger partial charge is 0.0547 e. The van der Waals surface area contributed by atoms with Crippen molar-refractivity contribution in [3.8, 4) is 16.8 Å². The van der Waals surface area contributed by atoms with Gasteiger partial charge in [-0.25, -0.2) is 0 Å². The summed E-state index contributed by atoms with van der Waals surface area (Å²) in [6.45, 7) is 0. The van der Waals surface area contributed by atoms with E-state index in [1.54, 1.807) is 0 Å². The average molecular weight is 608 g/mol. The van der Waals surface area contributed by atoms with Gasteiger partial charge >= 0.3 is 0 Å². The molecule has 1 atom stereocenters. The minimum absolute atomic E-state index is 0.171. The third-order valence-corrected chi connectivity index (χ3v) is 10.8. The van der Waals surface area contributed by atoms with Crippen LogP contribution < -0.4 is 0 Å². The van der Waals surface area contributed by atoms with E-state index >= 15 is 0 Å². The molecule has 9 aromatic carbocycles. The van der Waals surface area contributed by atoms with E-state index in [9.17, 15) is 0 Å². The Morgan fingerprint density at radius 1 is 0.375 bits per heavy atom. The highest BCUT2D eigenvalue weighted by Gasteiger charge is 2.32. The molecule has 48 heavy (non-hydrogen) atoms. The van der Waals surface area contributed by atoms with Gasteiger partial charge in [-0.2, -0.15) is 0 Å². The summed E-state index contributed by atoms with van der Waals surface area (Å²) in [5.41, 5.74) is 10.5. The standard InChI is InChI=1S/C47H29N/c1-2-13-33-27-34(18-17-29(33)9-1)44-39-24-22-35(28-41(39)45-36-14-6-3-10-30(36)19-23-40(44)45)48-42-25-20-31-11-4-7-15-37(31)46(42)47-38-16-8-5-12-32(38)21-26-43(47)48/h1-28,44H. The summed E-state index contributed by atoms with van der Waals surface area (Å²) in [6.07, 6.45) is 0. The van der Waals surface area contributed by atoms with Crippen molar-refractivity contribution < 1.29 is 0 Å². The van der Waals surface area contributed by atoms with Crippen LogP contribution in [0.3, 0.4) is 0 Å². The van der Waals surface area contributed by atoms with Gasteiger partial charge in [0.15, 0.2) is 0 Å². The summed E-state index contributed by atoms with van der Waals surface area (Å²) in [6, 6.07) is 63.3. The molecule has 0 fully saturated rings. The van der Waals surface area contributed by atoms with Crippen LogP contribution in [0.15, 0.2) is 170 Å². The van der Waals surface area contributed by atoms with Gasteiger partial charge in [-0.15, -0.1) is 0 Å². The monoisotopic (exact) mass is 607 g/mol. The third kappa shape index (κ3) is 3.51. The van der Waals surface area contributed by atoms with Gasteiger partial charge in [0, 0.05) is 22.4 Å². The van der Waals surface area contributed by atoms with Gasteiger partial charge in [0.25, 0.3) is 0 Å². The van der Waals surface area contributed by atoms with Crippen molar-refractivity contribution in [2.45, 2.75) is 5.92 Å². The molecule has 0 bridgehead atoms. The molecule has 1 aliphatic carbocycles. The molecular formula is C47H29N. The van der Waals surface area contributed by atoms with Crippen LogP contribution in [0.2, 0.25) is 0 Å². The molecule has 1 aromatic heterocycles. The highest BCUT2D eigenvalue weighted by atomic mass is 15.0. The molecule has 0 radical (unpaired) electrons. The van der Waals surface area contributed by atoms with Crippen LogP contribution in [-0.4, -0.2) is 4.57 Å². The van der Waals surface area contributed by atoms with E-state index in [0.29, 0.717) is 0 Å². The molecule has 0 N–H and O–H groups in total. The molecule has 1 nitrogen and oxygen atoms in total. The van der Waals surface area contributed by atoms with E-state index in [1.807, 2.05) is 0 Å². The third-order valence-electron chi connectivity index (χ3n) is 10.8. The van der Waals surface area contributed by atoms with Crippen LogP contribution in [0.4, 0.5) is 0 Å². The maximum atomic E-state index is 2.50. The maximum Gasteiger partial charge on any atom is 0.0547 e. The van der Waals surface area contributed by atoms with E-state index in [4.69, 9.17) is 0 Å². The molecule has 11 rings (SSSR count). The fourth-order valence-corrected chi connectivity index (χ4v) is 8.72. The van der Waals surface area contributed by atoms with Gasteiger partial charge in [-0.1, -0.05) is 146 Å². The number of aromatic nitrogens is 1. The molecular weight excluding hydrogens is 579 g/mol. The van der Waals surface area contributed by atoms with Gasteiger partial charge in [-0.3, -0.25) is 0 Å². The Labute approximate surface area is 277 Å². The molecule has 0 saturated carbocycles. The number of rotatable bonds is 2. The Morgan fingerprint density at radius 2 is 0.896 bits per heavy atom. The van der Waals surface area contributed by atoms with Crippen molar-refractivity contribution in [3.63, 3.8) is 0 Å². The highest BCUT2D eigenvalue weighted by Crippen LogP contribution is 2.52. The molecule has 1 aliphatic rings. The topological polar surface area (TPSA) is 4.93 Å². The lowest BCUT2D eigenvalue weighted by atomic mass is 9.87. The largest absolute Gasteiger partial charge is 0.309 e. The Morgan fingerprint density at radius 3 is 1.58 bits per heavy atom. The van der Waals surface area contributed by atoms with E-state index in [1.165, 1.54) is 98.4 Å². The second-order valence-electron chi connectivity index (χ2n) is 13.3. The van der Waals surface area contributed by atoms with Crippen molar-refractivity contribution >= 4 is 64.9 Å². The highest BCUT2D eigenvalue weighted by molar-refractivity contribution is 6.28. The molecule has 1 heteroatoms. The first-order valence-electron chi connectivity index (χ1n) is 16.8. The quantitative estimate of drug-likeness (QED) is 0.184. The number of nitrogens with zero attached hydrogens (tertiary/aromatic N) is 1. The van der Waals surface area contributed by atoms with Gasteiger partial charge in [0.05, 0.1) is 11.0 Å². The van der Waals surface area contributed by atoms with Crippen molar-refractivity contribution in [2.75, 3.05) is 0 Å². The summed E-state index contributed by atoms with van der Waals surface area (Å²) >= 11 is 0. The van der Waals surface area contributed by atoms with Crippen LogP contribution in [0, 0.1) is 0 Å². The fraction of sp³-hybridized carbons (Fsp3) is 0.0213. The van der Waals surface area contributed by atoms with Gasteiger partial charge in [-0.05, 0) is 95.2 Å². The van der Waals surface area contributed by atoms with Crippen molar-refractivity contribution in [3.05, 3.63) is 187 Å². The molecule has 1 heterocycles. The fourth-order valence-electron chi connectivity index (χ4n) is 8.72. The summed E-state index contributed by atoms with van der Waals surface area (Å²) in [5.74, 6) is 0.171. The Hall–Kier alpha value is -6.18. The minimum Gasteiger partial charge on any atom is -0.309 e. The number of benzene rings is 9. The van der Waals surface area contributed by atoms with Gasteiger partial charge < -0.3 is 4.57 Å². The lowest BCUT2D eigenvalue weighted by Gasteiger charge is -2.16. The molecule has 0 amide bonds. The molecule has 0 spiro atoms. The summed E-state index contributed by atoms with van der Waals surface area (Å²) in [7, 11) is 0. The number of fused-ring (bicyclic) bond motifs is 13. The van der Waals surface area contributed by atoms with Crippen LogP contribution >= 0.6 is 0 Å². The normalized spacial score (nSPS) is 14.0. The molecule has 1 unspecified atom stereocenters. The lowest BCUT2D eigenvalue weighted by molar-refractivity contribution is 1.02. The first-order valence-corrected chi connectivity index (χ1v) is 16.8. The molecule has 222 valence electrons. The first-order chi connectivity index (χ1) is 23.8. The van der Waals surface area contributed by atoms with E-state index in [2.05, 4.69) is 174 Å². The lowest BCUT2D eigenvalue weighted by Crippen LogP contribution is -2.00. The Balaban J connectivity index is 1.23. The Bertz CT molecular complexity index is 2870. The zero-order chi connectivity index (χ0) is 31.3. The first kappa shape index (κ1) is 25.9. The van der Waals surface area contributed by atoms with Crippen LogP contribution in [-0.2, 0) is 0 Å². The van der Waals surface area contributed by atoms with Crippen molar-refractivity contribution in [2.24, 2.45) is 0 Å². The van der Waals surface area contributed by atoms with Crippen LogP contribution in [0.5, 0.6) is 0 Å². The van der Waals surface area contributed by atoms with E-state index in [-0.39, 0.29) is 5.92 Å². The number of hydrogen-bond acceptors (Lipinski definition) is 0. The zero-order valence-corrected chi connectivity index (χ0v) is 26.2. The SMILES string of the molecule is c1ccc2cc(C3c4ccc(-n5c6ccc7ccccc7c6c6c7ccccc7ccc65)cc4-c4c3ccc3ccccc43)ccc2c1. The molecule has 0 aliphatic heterocycles. The summed E-state index contributed by atoms with van der Waals surface area (Å²) in [4.78, 5) is 0. The molecule has 0 saturated heterocycles. The number of hydrogen-bond donors (Lipinski definition) is 0. The van der Waals surface area contributed by atoms with Gasteiger partial charge in [0.1, 0.15) is 0 Å². The van der Waals surface area contributed by atoms with Crippen LogP contribution in [0.25, 0.3) is 81.7 Å². The predicted molar refractivity (Wildman–Crippen MR) is 204 cm³/mol. The minimum atomic E-state index is 0.171. The Kier molecular flexibility index (Phi) is 5.23. The van der Waals surface area contributed by atoms with Gasteiger partial charge in [0.2, 0.25) is 0 Å². The molecule has 10 aromatic rings. The van der Waals surface area contributed by atoms with Crippen molar-refractivity contribution in [1.82, 2.24) is 4.57 Å².